The maximum absolute atomic E-state index is 12.0. The zero-order valence-electron chi connectivity index (χ0n) is 14.9. The summed E-state index contributed by atoms with van der Waals surface area (Å²) in [5.41, 5.74) is 5.29. The number of esters is 1. The zero-order valence-corrected chi connectivity index (χ0v) is 14.9. The van der Waals surface area contributed by atoms with Gasteiger partial charge in [0.1, 0.15) is 5.75 Å². The van der Waals surface area contributed by atoms with E-state index in [9.17, 15) is 4.79 Å². The molecular formula is C21H23NO2. The van der Waals surface area contributed by atoms with Crippen molar-refractivity contribution in [2.75, 3.05) is 0 Å². The van der Waals surface area contributed by atoms with Crippen LogP contribution in [0.4, 0.5) is 0 Å². The Morgan fingerprint density at radius 2 is 1.67 bits per heavy atom. The predicted molar refractivity (Wildman–Crippen MR) is 98.3 cm³/mol. The van der Waals surface area contributed by atoms with Gasteiger partial charge in [0, 0.05) is 16.6 Å². The fraction of sp³-hybridized carbons (Fsp3) is 0.286. The first-order chi connectivity index (χ1) is 11.3. The molecule has 0 aliphatic heterocycles. The van der Waals surface area contributed by atoms with Crippen LogP contribution in [0.1, 0.15) is 31.9 Å². The van der Waals surface area contributed by atoms with E-state index < -0.39 is 5.41 Å². The molecule has 0 fully saturated rings. The lowest BCUT2D eigenvalue weighted by molar-refractivity contribution is -0.142. The van der Waals surface area contributed by atoms with Crippen molar-refractivity contribution >= 4 is 16.9 Å². The van der Waals surface area contributed by atoms with Crippen LogP contribution in [-0.4, -0.2) is 11.0 Å². The fourth-order valence-electron chi connectivity index (χ4n) is 2.68. The maximum Gasteiger partial charge on any atom is 0.316 e. The summed E-state index contributed by atoms with van der Waals surface area (Å²) in [4.78, 5) is 15.4. The summed E-state index contributed by atoms with van der Waals surface area (Å²) < 4.78 is 5.43. The molecule has 0 amide bonds. The highest BCUT2D eigenvalue weighted by Crippen LogP contribution is 2.31. The van der Waals surface area contributed by atoms with Crippen molar-refractivity contribution in [3.63, 3.8) is 0 Å². The van der Waals surface area contributed by atoms with Crippen molar-refractivity contribution in [3.8, 4) is 17.0 Å². The molecule has 2 aromatic carbocycles. The van der Waals surface area contributed by atoms with Gasteiger partial charge in [0.2, 0.25) is 0 Å². The maximum atomic E-state index is 12.0. The number of H-pyrrole nitrogens is 1. The molecule has 124 valence electrons. The van der Waals surface area contributed by atoms with E-state index in [2.05, 4.69) is 37.0 Å². The number of benzene rings is 2. The van der Waals surface area contributed by atoms with Crippen LogP contribution in [-0.2, 0) is 4.79 Å². The highest BCUT2D eigenvalue weighted by atomic mass is 16.5. The highest BCUT2D eigenvalue weighted by molar-refractivity contribution is 5.91. The molecule has 24 heavy (non-hydrogen) atoms. The fourth-order valence-corrected chi connectivity index (χ4v) is 2.68. The van der Waals surface area contributed by atoms with E-state index in [0.29, 0.717) is 5.75 Å². The summed E-state index contributed by atoms with van der Waals surface area (Å²) in [7, 11) is 0. The van der Waals surface area contributed by atoms with Crippen LogP contribution in [0, 0.1) is 19.3 Å². The molecule has 3 rings (SSSR count). The van der Waals surface area contributed by atoms with Crippen LogP contribution in [0.3, 0.4) is 0 Å². The lowest BCUT2D eigenvalue weighted by Gasteiger charge is -2.16. The van der Waals surface area contributed by atoms with Gasteiger partial charge in [-0.2, -0.15) is 0 Å². The number of aromatic nitrogens is 1. The van der Waals surface area contributed by atoms with Gasteiger partial charge >= 0.3 is 5.97 Å². The molecule has 3 heteroatoms. The number of ether oxygens (including phenoxy) is 1. The highest BCUT2D eigenvalue weighted by Gasteiger charge is 2.23. The van der Waals surface area contributed by atoms with Crippen LogP contribution < -0.4 is 4.74 Å². The smallest absolute Gasteiger partial charge is 0.316 e. The van der Waals surface area contributed by atoms with Gasteiger partial charge in [-0.15, -0.1) is 0 Å². The van der Waals surface area contributed by atoms with Gasteiger partial charge in [0.15, 0.2) is 0 Å². The molecule has 1 heterocycles. The van der Waals surface area contributed by atoms with E-state index in [4.69, 9.17) is 4.74 Å². The molecule has 3 nitrogen and oxygen atoms in total. The van der Waals surface area contributed by atoms with Crippen molar-refractivity contribution < 1.29 is 9.53 Å². The molecule has 0 unspecified atom stereocenters. The Labute approximate surface area is 142 Å². The zero-order chi connectivity index (χ0) is 17.5. The topological polar surface area (TPSA) is 42.1 Å². The second kappa shape index (κ2) is 5.82. The number of hydrogen-bond acceptors (Lipinski definition) is 2. The van der Waals surface area contributed by atoms with E-state index in [1.807, 2.05) is 45.0 Å². The molecule has 0 bridgehead atoms. The first-order valence-corrected chi connectivity index (χ1v) is 8.17. The van der Waals surface area contributed by atoms with Crippen molar-refractivity contribution in [3.05, 3.63) is 53.6 Å². The first kappa shape index (κ1) is 16.3. The van der Waals surface area contributed by atoms with Crippen molar-refractivity contribution in [2.24, 2.45) is 5.41 Å². The molecule has 1 aromatic heterocycles. The van der Waals surface area contributed by atoms with Crippen LogP contribution in [0.25, 0.3) is 22.2 Å². The third-order valence-electron chi connectivity index (χ3n) is 4.18. The SMILES string of the molecule is Cc1ccc2[nH]c(-c3ccc(OC(=O)C(C)(C)C)cc3)c(C)c2c1. The minimum atomic E-state index is -0.510. The van der Waals surface area contributed by atoms with E-state index in [-0.39, 0.29) is 5.97 Å². The Hall–Kier alpha value is -2.55. The van der Waals surface area contributed by atoms with Crippen LogP contribution in [0.5, 0.6) is 5.75 Å². The van der Waals surface area contributed by atoms with E-state index in [1.54, 1.807) is 0 Å². The number of nitrogens with one attached hydrogen (secondary N) is 1. The van der Waals surface area contributed by atoms with Gasteiger partial charge in [-0.1, -0.05) is 11.6 Å². The normalized spacial score (nSPS) is 11.7. The average molecular weight is 321 g/mol. The molecule has 0 aliphatic carbocycles. The van der Waals surface area contributed by atoms with Crippen LogP contribution in [0.2, 0.25) is 0 Å². The third kappa shape index (κ3) is 3.07. The van der Waals surface area contributed by atoms with Crippen molar-refractivity contribution in [1.29, 1.82) is 0 Å². The summed E-state index contributed by atoms with van der Waals surface area (Å²) in [6, 6.07) is 14.1. The summed E-state index contributed by atoms with van der Waals surface area (Å²) >= 11 is 0. The molecule has 0 atom stereocenters. The molecule has 0 saturated heterocycles. The third-order valence-corrected chi connectivity index (χ3v) is 4.18. The Kier molecular flexibility index (Phi) is 3.96. The minimum absolute atomic E-state index is 0.229. The number of aromatic amines is 1. The average Bonchev–Trinajstić information content (AvgIpc) is 2.84. The van der Waals surface area contributed by atoms with Gasteiger partial charge in [0.25, 0.3) is 0 Å². The summed E-state index contributed by atoms with van der Waals surface area (Å²) in [6.45, 7) is 9.77. The number of fused-ring (bicyclic) bond motifs is 1. The van der Waals surface area contributed by atoms with Crippen molar-refractivity contribution in [1.82, 2.24) is 4.98 Å². The lowest BCUT2D eigenvalue weighted by Crippen LogP contribution is -2.25. The van der Waals surface area contributed by atoms with Gasteiger partial charge in [-0.25, -0.2) is 0 Å². The Morgan fingerprint density at radius 3 is 2.29 bits per heavy atom. The number of aryl methyl sites for hydroxylation is 2. The molecular weight excluding hydrogens is 298 g/mol. The van der Waals surface area contributed by atoms with E-state index >= 15 is 0 Å². The van der Waals surface area contributed by atoms with E-state index in [0.717, 1.165) is 16.8 Å². The summed E-state index contributed by atoms with van der Waals surface area (Å²) in [5.74, 6) is 0.343. The lowest BCUT2D eigenvalue weighted by atomic mass is 9.97. The molecule has 0 radical (unpaired) electrons. The number of carbonyl (C=O) groups is 1. The first-order valence-electron chi connectivity index (χ1n) is 8.17. The summed E-state index contributed by atoms with van der Waals surface area (Å²) in [5, 5.41) is 1.24. The molecule has 0 spiro atoms. The number of hydrogen-bond donors (Lipinski definition) is 1. The van der Waals surface area contributed by atoms with Crippen LogP contribution >= 0.6 is 0 Å². The molecule has 3 aromatic rings. The van der Waals surface area contributed by atoms with Gasteiger partial charge in [-0.05, 0) is 82.1 Å². The van der Waals surface area contributed by atoms with Crippen molar-refractivity contribution in [2.45, 2.75) is 34.6 Å². The monoisotopic (exact) mass is 321 g/mol. The minimum Gasteiger partial charge on any atom is -0.426 e. The van der Waals surface area contributed by atoms with Crippen LogP contribution in [0.15, 0.2) is 42.5 Å². The van der Waals surface area contributed by atoms with Gasteiger partial charge in [0.05, 0.1) is 5.41 Å². The second-order valence-electron chi connectivity index (χ2n) is 7.34. The molecule has 0 saturated carbocycles. The predicted octanol–water partition coefficient (Wildman–Crippen LogP) is 5.40. The number of rotatable bonds is 2. The Morgan fingerprint density at radius 1 is 1.00 bits per heavy atom. The number of carbonyl (C=O) groups excluding carboxylic acids is 1. The quantitative estimate of drug-likeness (QED) is 0.507. The Balaban J connectivity index is 1.91. The second-order valence-corrected chi connectivity index (χ2v) is 7.34. The largest absolute Gasteiger partial charge is 0.426 e. The Bertz CT molecular complexity index is 896. The standard InChI is InChI=1S/C21H23NO2/c1-13-6-11-18-17(12-13)14(2)19(22-18)15-7-9-16(10-8-15)24-20(23)21(3,4)5/h6-12,22H,1-5H3. The van der Waals surface area contributed by atoms with Gasteiger partial charge < -0.3 is 9.72 Å². The molecule has 1 N–H and O–H groups in total. The summed E-state index contributed by atoms with van der Waals surface area (Å²) in [6.07, 6.45) is 0. The van der Waals surface area contributed by atoms with E-state index in [1.165, 1.54) is 16.5 Å². The molecule has 0 aliphatic rings. The van der Waals surface area contributed by atoms with Gasteiger partial charge in [-0.3, -0.25) is 4.79 Å².